The van der Waals surface area contributed by atoms with Crippen molar-refractivity contribution in [3.05, 3.63) is 15.7 Å². The van der Waals surface area contributed by atoms with Crippen LogP contribution in [-0.4, -0.2) is 25.7 Å². The van der Waals surface area contributed by atoms with Crippen molar-refractivity contribution in [1.29, 1.82) is 0 Å². The molecule has 0 N–H and O–H groups in total. The molecule has 0 atom stereocenters. The minimum atomic E-state index is 0.653. The molecule has 0 saturated carbocycles. The summed E-state index contributed by atoms with van der Waals surface area (Å²) >= 11 is 2.22. The lowest BCUT2D eigenvalue weighted by molar-refractivity contribution is 0.324. The number of hydrogen-bond donors (Lipinski definition) is 0. The fourth-order valence-electron chi connectivity index (χ4n) is 0.901. The lowest BCUT2D eigenvalue weighted by Crippen LogP contribution is -2.11. The molecular weight excluding hydrogens is 279 g/mol. The van der Waals surface area contributed by atoms with Gasteiger partial charge in [0.1, 0.15) is 5.82 Å². The summed E-state index contributed by atoms with van der Waals surface area (Å²) in [7, 11) is 3.93. The van der Waals surface area contributed by atoms with Gasteiger partial charge in [0.05, 0.1) is 10.2 Å². The van der Waals surface area contributed by atoms with Gasteiger partial charge in [0.25, 0.3) is 0 Å². The van der Waals surface area contributed by atoms with E-state index in [1.165, 1.54) is 0 Å². The number of anilines is 1. The van der Waals surface area contributed by atoms with E-state index in [-0.39, 0.29) is 0 Å². The zero-order valence-electron chi connectivity index (χ0n) is 8.04. The predicted octanol–water partition coefficient (Wildman–Crippen LogP) is 2.15. The van der Waals surface area contributed by atoms with Crippen molar-refractivity contribution in [3.8, 4) is 5.88 Å². The van der Waals surface area contributed by atoms with Crippen molar-refractivity contribution in [2.24, 2.45) is 0 Å². The van der Waals surface area contributed by atoms with Gasteiger partial charge in [-0.25, -0.2) is 0 Å². The molecule has 0 aromatic carbocycles. The van der Waals surface area contributed by atoms with E-state index in [0.717, 1.165) is 9.39 Å². The van der Waals surface area contributed by atoms with Crippen molar-refractivity contribution in [2.45, 2.75) is 6.92 Å². The zero-order valence-corrected chi connectivity index (χ0v) is 10.2. The van der Waals surface area contributed by atoms with E-state index in [1.54, 1.807) is 0 Å². The van der Waals surface area contributed by atoms with Crippen LogP contribution in [0.2, 0.25) is 0 Å². The van der Waals surface area contributed by atoms with Gasteiger partial charge in [-0.3, -0.25) is 0 Å². The third-order valence-corrected chi connectivity index (χ3v) is 2.36. The number of nitrogens with zero attached hydrogens (tertiary/aromatic N) is 2. The van der Waals surface area contributed by atoms with E-state index in [9.17, 15) is 0 Å². The Morgan fingerprint density at radius 3 is 2.69 bits per heavy atom. The second kappa shape index (κ2) is 4.64. The van der Waals surface area contributed by atoms with Crippen LogP contribution in [0, 0.1) is 3.57 Å². The molecule has 1 aromatic rings. The number of ether oxygens (including phenoxy) is 1. The van der Waals surface area contributed by atoms with Crippen molar-refractivity contribution in [1.82, 2.24) is 4.98 Å². The number of aromatic nitrogens is 1. The number of halogens is 1. The van der Waals surface area contributed by atoms with Crippen LogP contribution in [-0.2, 0) is 0 Å². The van der Waals surface area contributed by atoms with Crippen LogP contribution < -0.4 is 9.64 Å². The Morgan fingerprint density at radius 2 is 2.15 bits per heavy atom. The van der Waals surface area contributed by atoms with Gasteiger partial charge in [-0.05, 0) is 41.6 Å². The molecular formula is C9H13IN2O. The van der Waals surface area contributed by atoms with Crippen LogP contribution in [0.4, 0.5) is 5.82 Å². The van der Waals surface area contributed by atoms with Crippen LogP contribution in [0.3, 0.4) is 0 Å². The molecule has 1 rings (SSSR count). The SMILES string of the molecule is CCOc1nc(N(C)C)ccc1I. The summed E-state index contributed by atoms with van der Waals surface area (Å²) in [5.74, 6) is 1.64. The number of hydrogen-bond acceptors (Lipinski definition) is 3. The van der Waals surface area contributed by atoms with Crippen LogP contribution in [0.5, 0.6) is 5.88 Å². The second-order valence-corrected chi connectivity index (χ2v) is 3.95. The fourth-order valence-corrected chi connectivity index (χ4v) is 1.36. The summed E-state index contributed by atoms with van der Waals surface area (Å²) in [6, 6.07) is 3.98. The van der Waals surface area contributed by atoms with Crippen LogP contribution in [0.25, 0.3) is 0 Å². The van der Waals surface area contributed by atoms with Crippen molar-refractivity contribution < 1.29 is 4.74 Å². The van der Waals surface area contributed by atoms with Crippen LogP contribution in [0.1, 0.15) is 6.92 Å². The summed E-state index contributed by atoms with van der Waals surface area (Å²) in [6.45, 7) is 2.61. The Labute approximate surface area is 92.2 Å². The van der Waals surface area contributed by atoms with Gasteiger partial charge >= 0.3 is 0 Å². The number of pyridine rings is 1. The highest BCUT2D eigenvalue weighted by Gasteiger charge is 2.04. The Kier molecular flexibility index (Phi) is 3.77. The van der Waals surface area contributed by atoms with Crippen molar-refractivity contribution in [2.75, 3.05) is 25.6 Å². The molecule has 0 aliphatic rings. The highest BCUT2D eigenvalue weighted by Crippen LogP contribution is 2.21. The largest absolute Gasteiger partial charge is 0.477 e. The molecule has 0 saturated heterocycles. The van der Waals surface area contributed by atoms with E-state index in [1.807, 2.05) is 38.1 Å². The highest BCUT2D eigenvalue weighted by molar-refractivity contribution is 14.1. The highest BCUT2D eigenvalue weighted by atomic mass is 127. The molecule has 1 aromatic heterocycles. The normalized spacial score (nSPS) is 9.85. The third kappa shape index (κ3) is 2.72. The molecule has 0 spiro atoms. The van der Waals surface area contributed by atoms with Crippen LogP contribution >= 0.6 is 22.6 Å². The molecule has 0 amide bonds. The summed E-state index contributed by atoms with van der Waals surface area (Å²) in [4.78, 5) is 6.31. The predicted molar refractivity (Wildman–Crippen MR) is 62.5 cm³/mol. The maximum absolute atomic E-state index is 5.38. The molecule has 0 radical (unpaired) electrons. The summed E-state index contributed by atoms with van der Waals surface area (Å²) in [6.07, 6.45) is 0. The quantitative estimate of drug-likeness (QED) is 0.798. The molecule has 1 heterocycles. The standard InChI is InChI=1S/C9H13IN2O/c1-4-13-9-7(10)5-6-8(11-9)12(2)3/h5-6H,4H2,1-3H3. The van der Waals surface area contributed by atoms with E-state index in [4.69, 9.17) is 4.74 Å². The van der Waals surface area contributed by atoms with Gasteiger partial charge < -0.3 is 9.64 Å². The molecule has 3 nitrogen and oxygen atoms in total. The first kappa shape index (κ1) is 10.6. The molecule has 0 aliphatic carbocycles. The van der Waals surface area contributed by atoms with Gasteiger partial charge in [-0.2, -0.15) is 4.98 Å². The van der Waals surface area contributed by atoms with Crippen LogP contribution in [0.15, 0.2) is 12.1 Å². The van der Waals surface area contributed by atoms with E-state index < -0.39 is 0 Å². The Hall–Kier alpha value is -0.520. The summed E-state index contributed by atoms with van der Waals surface area (Å²) in [5.41, 5.74) is 0. The van der Waals surface area contributed by atoms with E-state index >= 15 is 0 Å². The van der Waals surface area contributed by atoms with E-state index in [0.29, 0.717) is 12.5 Å². The maximum atomic E-state index is 5.38. The lowest BCUT2D eigenvalue weighted by atomic mass is 10.4. The van der Waals surface area contributed by atoms with Gasteiger partial charge in [0.2, 0.25) is 5.88 Å². The second-order valence-electron chi connectivity index (χ2n) is 2.78. The van der Waals surface area contributed by atoms with E-state index in [2.05, 4.69) is 27.6 Å². The van der Waals surface area contributed by atoms with Gasteiger partial charge in [0, 0.05) is 14.1 Å². The average Bonchev–Trinajstić information content (AvgIpc) is 2.08. The van der Waals surface area contributed by atoms with Gasteiger partial charge in [0.15, 0.2) is 0 Å². The number of rotatable bonds is 3. The Bertz CT molecular complexity index is 289. The summed E-state index contributed by atoms with van der Waals surface area (Å²) < 4.78 is 6.43. The smallest absolute Gasteiger partial charge is 0.229 e. The minimum Gasteiger partial charge on any atom is -0.477 e. The van der Waals surface area contributed by atoms with Crippen molar-refractivity contribution >= 4 is 28.4 Å². The van der Waals surface area contributed by atoms with Gasteiger partial charge in [-0.15, -0.1) is 0 Å². The molecule has 0 bridgehead atoms. The molecule has 0 fully saturated rings. The Balaban J connectivity index is 2.97. The molecule has 0 aliphatic heterocycles. The fraction of sp³-hybridized carbons (Fsp3) is 0.444. The van der Waals surface area contributed by atoms with Gasteiger partial charge in [-0.1, -0.05) is 0 Å². The topological polar surface area (TPSA) is 25.4 Å². The summed E-state index contributed by atoms with van der Waals surface area (Å²) in [5, 5.41) is 0. The van der Waals surface area contributed by atoms with Crippen molar-refractivity contribution in [3.63, 3.8) is 0 Å². The zero-order chi connectivity index (χ0) is 9.84. The monoisotopic (exact) mass is 292 g/mol. The minimum absolute atomic E-state index is 0.653. The molecule has 0 unspecified atom stereocenters. The first-order valence-electron chi connectivity index (χ1n) is 4.11. The molecule has 13 heavy (non-hydrogen) atoms. The third-order valence-electron chi connectivity index (χ3n) is 1.54. The molecule has 72 valence electrons. The first-order chi connectivity index (χ1) is 6.15. The first-order valence-corrected chi connectivity index (χ1v) is 5.19. The lowest BCUT2D eigenvalue weighted by Gasteiger charge is -2.13. The molecule has 4 heteroatoms. The Morgan fingerprint density at radius 1 is 1.46 bits per heavy atom. The average molecular weight is 292 g/mol. The maximum Gasteiger partial charge on any atom is 0.229 e.